The number of hydrogen-bond donors (Lipinski definition) is 1. The lowest BCUT2D eigenvalue weighted by molar-refractivity contribution is -0.119. The zero-order valence-electron chi connectivity index (χ0n) is 16.6. The molecule has 1 N–H and O–H groups in total. The molecule has 8 heteroatoms. The average Bonchev–Trinajstić information content (AvgIpc) is 2.65. The molecule has 1 heterocycles. The lowest BCUT2D eigenvalue weighted by Crippen LogP contribution is -2.46. The second-order valence-corrected chi connectivity index (χ2v) is 9.28. The quantitative estimate of drug-likeness (QED) is 0.645. The second kappa shape index (κ2) is 10.1. The fourth-order valence-corrected chi connectivity index (χ4v) is 4.35. The van der Waals surface area contributed by atoms with Gasteiger partial charge in [-0.3, -0.25) is 4.79 Å². The van der Waals surface area contributed by atoms with Gasteiger partial charge in [-0.15, -0.1) is 0 Å². The number of para-hydroxylation sites is 1. The van der Waals surface area contributed by atoms with Crippen LogP contribution in [0.3, 0.4) is 0 Å². The Bertz CT molecular complexity index is 694. The molecule has 0 aliphatic carbocycles. The van der Waals surface area contributed by atoms with Crippen LogP contribution in [0.2, 0.25) is 0 Å². The smallest absolute Gasteiger partial charge is 0.304 e. The van der Waals surface area contributed by atoms with Crippen LogP contribution in [-0.4, -0.2) is 69.8 Å². The van der Waals surface area contributed by atoms with Crippen molar-refractivity contribution in [3.05, 3.63) is 30.3 Å². The predicted octanol–water partition coefficient (Wildman–Crippen LogP) is 1.68. The molecule has 0 spiro atoms. The molecule has 0 aromatic heterocycles. The highest BCUT2D eigenvalue weighted by Gasteiger charge is 2.27. The number of likely N-dealkylation sites (tertiary alicyclic amines) is 1. The number of rotatable bonds is 9. The van der Waals surface area contributed by atoms with Gasteiger partial charge in [0.2, 0.25) is 5.91 Å². The van der Waals surface area contributed by atoms with Crippen LogP contribution < -0.4 is 9.62 Å². The summed E-state index contributed by atoms with van der Waals surface area (Å²) in [5, 5.41) is 2.86. The Labute approximate surface area is 163 Å². The zero-order chi connectivity index (χ0) is 19.9. The number of carbonyl (C=O) groups excluding carboxylic acids is 1. The Hall–Kier alpha value is -1.64. The molecular formula is C19H32N4O3S. The highest BCUT2D eigenvalue weighted by Crippen LogP contribution is 2.18. The van der Waals surface area contributed by atoms with Gasteiger partial charge in [-0.05, 0) is 44.9 Å². The summed E-state index contributed by atoms with van der Waals surface area (Å²) in [4.78, 5) is 14.8. The maximum absolute atomic E-state index is 12.6. The van der Waals surface area contributed by atoms with Crippen LogP contribution in [0.15, 0.2) is 30.3 Å². The summed E-state index contributed by atoms with van der Waals surface area (Å²) >= 11 is 0. The van der Waals surface area contributed by atoms with E-state index in [0.29, 0.717) is 18.3 Å². The van der Waals surface area contributed by atoms with E-state index in [9.17, 15) is 13.2 Å². The predicted molar refractivity (Wildman–Crippen MR) is 109 cm³/mol. The molecule has 0 radical (unpaired) electrons. The molecule has 1 amide bonds. The zero-order valence-corrected chi connectivity index (χ0v) is 17.4. The van der Waals surface area contributed by atoms with Gasteiger partial charge in [-0.2, -0.15) is 12.7 Å². The third-order valence-electron chi connectivity index (χ3n) is 4.96. The van der Waals surface area contributed by atoms with Crippen molar-refractivity contribution in [3.63, 3.8) is 0 Å². The first-order valence-corrected chi connectivity index (χ1v) is 11.0. The molecule has 1 aliphatic heterocycles. The highest BCUT2D eigenvalue weighted by molar-refractivity contribution is 7.90. The molecule has 0 unspecified atom stereocenters. The largest absolute Gasteiger partial charge is 0.354 e. The van der Waals surface area contributed by atoms with Gasteiger partial charge in [0, 0.05) is 33.2 Å². The van der Waals surface area contributed by atoms with E-state index >= 15 is 0 Å². The Morgan fingerprint density at radius 1 is 1.22 bits per heavy atom. The number of hydrogen-bond acceptors (Lipinski definition) is 4. The van der Waals surface area contributed by atoms with Crippen LogP contribution in [0.25, 0.3) is 0 Å². The van der Waals surface area contributed by atoms with Gasteiger partial charge in [0.1, 0.15) is 6.54 Å². The second-order valence-electron chi connectivity index (χ2n) is 7.22. The molecule has 1 aliphatic rings. The Morgan fingerprint density at radius 3 is 2.56 bits per heavy atom. The molecule has 1 aromatic rings. The standard InChI is InChI=1S/C19H32N4O3S/c1-17-10-7-8-14-22(17)15-9-13-20-19(24)16-23(27(25,26)21(2)3)18-11-5-4-6-12-18/h4-6,11-12,17H,7-10,13-16H2,1-3H3,(H,20,24)/t17-/m1/s1. The van der Waals surface area contributed by atoms with Crippen molar-refractivity contribution in [2.75, 3.05) is 44.6 Å². The van der Waals surface area contributed by atoms with Crippen LogP contribution >= 0.6 is 0 Å². The minimum atomic E-state index is -3.74. The average molecular weight is 397 g/mol. The lowest BCUT2D eigenvalue weighted by atomic mass is 10.0. The van der Waals surface area contributed by atoms with Gasteiger partial charge in [-0.25, -0.2) is 4.31 Å². The molecule has 27 heavy (non-hydrogen) atoms. The first-order chi connectivity index (χ1) is 12.8. The van der Waals surface area contributed by atoms with E-state index in [2.05, 4.69) is 17.1 Å². The fourth-order valence-electron chi connectivity index (χ4n) is 3.28. The lowest BCUT2D eigenvalue weighted by Gasteiger charge is -2.33. The molecular weight excluding hydrogens is 364 g/mol. The number of amides is 1. The van der Waals surface area contributed by atoms with E-state index in [1.165, 1.54) is 33.4 Å². The molecule has 1 saturated heterocycles. The maximum Gasteiger partial charge on any atom is 0.304 e. The fraction of sp³-hybridized carbons (Fsp3) is 0.632. The summed E-state index contributed by atoms with van der Waals surface area (Å²) in [7, 11) is -0.822. The van der Waals surface area contributed by atoms with Gasteiger partial charge in [-0.1, -0.05) is 24.6 Å². The Balaban J connectivity index is 1.88. The van der Waals surface area contributed by atoms with Gasteiger partial charge < -0.3 is 10.2 Å². The van der Waals surface area contributed by atoms with Gasteiger partial charge in [0.25, 0.3) is 0 Å². The summed E-state index contributed by atoms with van der Waals surface area (Å²) in [6.07, 6.45) is 4.64. The number of benzene rings is 1. The molecule has 0 saturated carbocycles. The summed E-state index contributed by atoms with van der Waals surface area (Å²) in [5.74, 6) is -0.295. The maximum atomic E-state index is 12.6. The van der Waals surface area contributed by atoms with E-state index < -0.39 is 10.2 Å². The number of nitrogens with one attached hydrogen (secondary N) is 1. The minimum Gasteiger partial charge on any atom is -0.354 e. The van der Waals surface area contributed by atoms with Gasteiger partial charge in [0.05, 0.1) is 5.69 Å². The summed E-state index contributed by atoms with van der Waals surface area (Å²) in [5.41, 5.74) is 0.475. The van der Waals surface area contributed by atoms with Crippen molar-refractivity contribution >= 4 is 21.8 Å². The molecule has 7 nitrogen and oxygen atoms in total. The molecule has 1 fully saturated rings. The SMILES string of the molecule is C[C@@H]1CCCCN1CCCNC(=O)CN(c1ccccc1)S(=O)(=O)N(C)C. The van der Waals surface area contributed by atoms with E-state index in [1.54, 1.807) is 24.3 Å². The number of nitrogens with zero attached hydrogens (tertiary/aromatic N) is 3. The van der Waals surface area contributed by atoms with Gasteiger partial charge >= 0.3 is 10.2 Å². The first kappa shape index (κ1) is 21.7. The minimum absolute atomic E-state index is 0.232. The van der Waals surface area contributed by atoms with Crippen LogP contribution in [0, 0.1) is 0 Å². The molecule has 0 bridgehead atoms. The highest BCUT2D eigenvalue weighted by atomic mass is 32.2. The van der Waals surface area contributed by atoms with Crippen LogP contribution in [0.4, 0.5) is 5.69 Å². The third kappa shape index (κ3) is 6.19. The van der Waals surface area contributed by atoms with Crippen molar-refractivity contribution in [2.45, 2.75) is 38.6 Å². The van der Waals surface area contributed by atoms with Crippen LogP contribution in [0.5, 0.6) is 0 Å². The van der Waals surface area contributed by atoms with Crippen molar-refractivity contribution < 1.29 is 13.2 Å². The van der Waals surface area contributed by atoms with Crippen molar-refractivity contribution in [2.24, 2.45) is 0 Å². The van der Waals surface area contributed by atoms with Crippen molar-refractivity contribution in [1.82, 2.24) is 14.5 Å². The van der Waals surface area contributed by atoms with E-state index in [0.717, 1.165) is 28.1 Å². The normalized spacial score (nSPS) is 18.4. The molecule has 1 aromatic carbocycles. The topological polar surface area (TPSA) is 73.0 Å². The molecule has 152 valence electrons. The monoisotopic (exact) mass is 396 g/mol. The Morgan fingerprint density at radius 2 is 1.93 bits per heavy atom. The number of carbonyl (C=O) groups is 1. The molecule has 2 rings (SSSR count). The first-order valence-electron chi connectivity index (χ1n) is 9.58. The third-order valence-corrected chi connectivity index (χ3v) is 6.78. The number of anilines is 1. The van der Waals surface area contributed by atoms with Crippen molar-refractivity contribution in [3.8, 4) is 0 Å². The summed E-state index contributed by atoms with van der Waals surface area (Å²) < 4.78 is 27.5. The van der Waals surface area contributed by atoms with Gasteiger partial charge in [0.15, 0.2) is 0 Å². The number of piperidine rings is 1. The molecule has 1 atom stereocenters. The van der Waals surface area contributed by atoms with E-state index in [1.807, 2.05) is 6.07 Å². The summed E-state index contributed by atoms with van der Waals surface area (Å²) in [6.45, 7) is 4.65. The Kier molecular flexibility index (Phi) is 8.07. The summed E-state index contributed by atoms with van der Waals surface area (Å²) in [6, 6.07) is 9.30. The van der Waals surface area contributed by atoms with Crippen LogP contribution in [-0.2, 0) is 15.0 Å². The van der Waals surface area contributed by atoms with Crippen molar-refractivity contribution in [1.29, 1.82) is 0 Å². The van der Waals surface area contributed by atoms with E-state index in [4.69, 9.17) is 0 Å². The van der Waals surface area contributed by atoms with Crippen LogP contribution in [0.1, 0.15) is 32.6 Å². The van der Waals surface area contributed by atoms with E-state index in [-0.39, 0.29) is 12.5 Å².